The van der Waals surface area contributed by atoms with Crippen LogP contribution in [0.5, 0.6) is 0 Å². The summed E-state index contributed by atoms with van der Waals surface area (Å²) in [5.74, 6) is -1.03. The Morgan fingerprint density at radius 1 is 1.24 bits per heavy atom. The third kappa shape index (κ3) is 3.63. The third-order valence-corrected chi connectivity index (χ3v) is 4.68. The van der Waals surface area contributed by atoms with Gasteiger partial charge in [-0.05, 0) is 71.5 Å². The van der Waals surface area contributed by atoms with Gasteiger partial charge in [0.25, 0.3) is 0 Å². The van der Waals surface area contributed by atoms with E-state index in [9.17, 15) is 8.78 Å². The number of nitrogens with one attached hydrogen (secondary N) is 1. The zero-order valence-corrected chi connectivity index (χ0v) is 15.4. The highest BCUT2D eigenvalue weighted by Gasteiger charge is 2.24. The minimum Gasteiger partial charge on any atom is -0.306 e. The molecule has 0 fully saturated rings. The number of aryl methyl sites for hydroxylation is 1. The molecule has 21 heavy (non-hydrogen) atoms. The molecule has 2 aromatic carbocycles. The van der Waals surface area contributed by atoms with Crippen LogP contribution in [0.15, 0.2) is 34.8 Å². The van der Waals surface area contributed by atoms with E-state index in [1.165, 1.54) is 12.1 Å². The summed E-state index contributed by atoms with van der Waals surface area (Å²) in [6, 6.07) is 8.02. The van der Waals surface area contributed by atoms with Crippen molar-refractivity contribution in [2.75, 3.05) is 6.54 Å². The van der Waals surface area contributed by atoms with E-state index in [0.717, 1.165) is 13.6 Å². The van der Waals surface area contributed by atoms with Crippen LogP contribution in [0.3, 0.4) is 0 Å². The highest BCUT2D eigenvalue weighted by Crippen LogP contribution is 2.33. The fourth-order valence-corrected chi connectivity index (χ4v) is 3.24. The summed E-state index contributed by atoms with van der Waals surface area (Å²) >= 11 is 5.67. The van der Waals surface area contributed by atoms with E-state index in [4.69, 9.17) is 0 Å². The summed E-state index contributed by atoms with van der Waals surface area (Å²) in [5.41, 5.74) is 1.34. The molecule has 0 aliphatic rings. The van der Waals surface area contributed by atoms with E-state index in [0.29, 0.717) is 12.1 Å². The number of rotatable bonds is 4. The van der Waals surface area contributed by atoms with Gasteiger partial charge in [-0.3, -0.25) is 0 Å². The molecule has 0 bridgehead atoms. The summed E-state index contributed by atoms with van der Waals surface area (Å²) in [5, 5.41) is 3.18. The van der Waals surface area contributed by atoms with Gasteiger partial charge in [0.2, 0.25) is 0 Å². The summed E-state index contributed by atoms with van der Waals surface area (Å²) in [6.45, 7) is 4.17. The SMILES string of the molecule is CCNC(c1cc(I)ccc1Br)c1c(F)ccc(C)c1F. The number of hydrogen-bond donors (Lipinski definition) is 1. The standard InChI is InChI=1S/C16H15BrF2IN/c1-3-21-16(11-8-10(20)5-6-12(11)17)14-13(18)7-4-9(2)15(14)19/h4-8,16,21H,3H2,1-2H3. The van der Waals surface area contributed by atoms with Crippen molar-refractivity contribution in [3.8, 4) is 0 Å². The molecule has 1 atom stereocenters. The maximum absolute atomic E-state index is 14.5. The van der Waals surface area contributed by atoms with Crippen molar-refractivity contribution < 1.29 is 8.78 Å². The second-order valence-electron chi connectivity index (χ2n) is 4.75. The molecule has 0 amide bonds. The zero-order valence-electron chi connectivity index (χ0n) is 11.7. The van der Waals surface area contributed by atoms with Crippen molar-refractivity contribution >= 4 is 38.5 Å². The molecule has 5 heteroatoms. The van der Waals surface area contributed by atoms with Crippen molar-refractivity contribution in [3.05, 3.63) is 66.7 Å². The van der Waals surface area contributed by atoms with Gasteiger partial charge in [-0.1, -0.05) is 28.9 Å². The fraction of sp³-hybridized carbons (Fsp3) is 0.250. The second kappa shape index (κ2) is 7.15. The van der Waals surface area contributed by atoms with Crippen LogP contribution in [0, 0.1) is 22.1 Å². The molecule has 1 unspecified atom stereocenters. The predicted octanol–water partition coefficient (Wildman–Crippen LogP) is 5.34. The van der Waals surface area contributed by atoms with Crippen LogP contribution in [-0.2, 0) is 0 Å². The average Bonchev–Trinajstić information content (AvgIpc) is 2.45. The maximum Gasteiger partial charge on any atom is 0.134 e. The van der Waals surface area contributed by atoms with Crippen LogP contribution in [0.2, 0.25) is 0 Å². The number of benzene rings is 2. The molecule has 0 aliphatic heterocycles. The molecule has 0 aromatic heterocycles. The van der Waals surface area contributed by atoms with Gasteiger partial charge in [0.1, 0.15) is 11.6 Å². The van der Waals surface area contributed by atoms with E-state index in [1.807, 2.05) is 25.1 Å². The second-order valence-corrected chi connectivity index (χ2v) is 6.85. The largest absolute Gasteiger partial charge is 0.306 e. The van der Waals surface area contributed by atoms with Crippen LogP contribution < -0.4 is 5.32 Å². The molecule has 2 rings (SSSR count). The van der Waals surface area contributed by atoms with Gasteiger partial charge in [-0.2, -0.15) is 0 Å². The van der Waals surface area contributed by atoms with Gasteiger partial charge >= 0.3 is 0 Å². The Balaban J connectivity index is 2.64. The molecule has 1 N–H and O–H groups in total. The van der Waals surface area contributed by atoms with Crippen LogP contribution >= 0.6 is 38.5 Å². The summed E-state index contributed by atoms with van der Waals surface area (Å²) < 4.78 is 30.5. The fourth-order valence-electron chi connectivity index (χ4n) is 2.25. The first-order valence-corrected chi connectivity index (χ1v) is 8.45. The first-order valence-electron chi connectivity index (χ1n) is 6.58. The number of halogens is 4. The summed E-state index contributed by atoms with van der Waals surface area (Å²) in [4.78, 5) is 0. The molecule has 0 heterocycles. The van der Waals surface area contributed by atoms with Crippen LogP contribution in [0.4, 0.5) is 8.78 Å². The quantitative estimate of drug-likeness (QED) is 0.601. The molecular weight excluding hydrogens is 451 g/mol. The topological polar surface area (TPSA) is 12.0 Å². The molecule has 0 spiro atoms. The van der Waals surface area contributed by atoms with Crippen molar-refractivity contribution in [1.29, 1.82) is 0 Å². The highest BCUT2D eigenvalue weighted by atomic mass is 127. The van der Waals surface area contributed by atoms with Crippen LogP contribution in [-0.4, -0.2) is 6.54 Å². The summed E-state index contributed by atoms with van der Waals surface area (Å²) in [6.07, 6.45) is 0. The van der Waals surface area contributed by atoms with Crippen molar-refractivity contribution in [3.63, 3.8) is 0 Å². The van der Waals surface area contributed by atoms with Crippen molar-refractivity contribution in [2.24, 2.45) is 0 Å². The van der Waals surface area contributed by atoms with E-state index in [2.05, 4.69) is 43.8 Å². The van der Waals surface area contributed by atoms with Crippen LogP contribution in [0.25, 0.3) is 0 Å². The molecule has 112 valence electrons. The third-order valence-electron chi connectivity index (χ3n) is 3.29. The van der Waals surface area contributed by atoms with E-state index >= 15 is 0 Å². The van der Waals surface area contributed by atoms with Gasteiger partial charge in [-0.25, -0.2) is 8.78 Å². The summed E-state index contributed by atoms with van der Waals surface area (Å²) in [7, 11) is 0. The molecular formula is C16H15BrF2IN. The average molecular weight is 466 g/mol. The van der Waals surface area contributed by atoms with Gasteiger partial charge in [0, 0.05) is 13.6 Å². The van der Waals surface area contributed by atoms with Gasteiger partial charge in [-0.15, -0.1) is 0 Å². The predicted molar refractivity (Wildman–Crippen MR) is 93.5 cm³/mol. The van der Waals surface area contributed by atoms with Gasteiger partial charge in [0.15, 0.2) is 0 Å². The maximum atomic E-state index is 14.5. The Morgan fingerprint density at radius 3 is 2.62 bits per heavy atom. The lowest BCUT2D eigenvalue weighted by molar-refractivity contribution is 0.505. The lowest BCUT2D eigenvalue weighted by Gasteiger charge is -2.22. The Kier molecular flexibility index (Phi) is 5.73. The first kappa shape index (κ1) is 16.8. The smallest absolute Gasteiger partial charge is 0.134 e. The van der Waals surface area contributed by atoms with Crippen molar-refractivity contribution in [1.82, 2.24) is 5.32 Å². The Labute approximate surface area is 145 Å². The van der Waals surface area contributed by atoms with E-state index < -0.39 is 17.7 Å². The Morgan fingerprint density at radius 2 is 1.95 bits per heavy atom. The normalized spacial score (nSPS) is 12.5. The molecule has 0 radical (unpaired) electrons. The lowest BCUT2D eigenvalue weighted by Crippen LogP contribution is -2.25. The number of hydrogen-bond acceptors (Lipinski definition) is 1. The molecule has 2 aromatic rings. The van der Waals surface area contributed by atoms with Crippen molar-refractivity contribution in [2.45, 2.75) is 19.9 Å². The minimum absolute atomic E-state index is 0.0690. The van der Waals surface area contributed by atoms with E-state index in [-0.39, 0.29) is 5.56 Å². The Bertz CT molecular complexity index is 661. The molecule has 0 aliphatic carbocycles. The zero-order chi connectivity index (χ0) is 15.6. The van der Waals surface area contributed by atoms with Gasteiger partial charge in [0.05, 0.1) is 6.04 Å². The van der Waals surface area contributed by atoms with Gasteiger partial charge < -0.3 is 5.32 Å². The molecule has 0 saturated carbocycles. The Hall–Kier alpha value is -0.530. The minimum atomic E-state index is -0.533. The van der Waals surface area contributed by atoms with Crippen LogP contribution in [0.1, 0.15) is 29.7 Å². The lowest BCUT2D eigenvalue weighted by atomic mass is 9.96. The monoisotopic (exact) mass is 465 g/mol. The molecule has 1 nitrogen and oxygen atoms in total. The molecule has 0 saturated heterocycles. The first-order chi connectivity index (χ1) is 9.95. The van der Waals surface area contributed by atoms with E-state index in [1.54, 1.807) is 6.92 Å². The highest BCUT2D eigenvalue weighted by molar-refractivity contribution is 14.1.